The molecule has 6 aromatic rings. The number of aryl methyl sites for hydroxylation is 1. The summed E-state index contributed by atoms with van der Waals surface area (Å²) >= 11 is 0. The highest BCUT2D eigenvalue weighted by Gasteiger charge is 2.28. The van der Waals surface area contributed by atoms with Crippen molar-refractivity contribution >= 4 is 56.8 Å². The van der Waals surface area contributed by atoms with Crippen LogP contribution >= 0.6 is 0 Å². The molecule has 51 heavy (non-hydrogen) atoms. The second-order valence-electron chi connectivity index (χ2n) is 13.5. The van der Waals surface area contributed by atoms with E-state index in [0.29, 0.717) is 5.71 Å². The number of pyridine rings is 1. The van der Waals surface area contributed by atoms with Crippen molar-refractivity contribution in [3.05, 3.63) is 185 Å². The topological polar surface area (TPSA) is 67.5 Å². The van der Waals surface area contributed by atoms with Crippen LogP contribution in [0.4, 0.5) is 5.69 Å². The number of aromatic nitrogens is 1. The van der Waals surface area contributed by atoms with E-state index in [9.17, 15) is 0 Å². The third-order valence-corrected chi connectivity index (χ3v) is 10.4. The van der Waals surface area contributed by atoms with E-state index in [-0.39, 0.29) is 0 Å². The second kappa shape index (κ2) is 13.2. The maximum Gasteiger partial charge on any atom is 0.236 e. The standard InChI is InChI=1S/C47H36N4/c48-47-45(44-16-6-11-34-9-2-4-14-42(34)44)28-39(43-15-5-10-33-8-1-3-13-41(33)43)29-46(47)51-50-40-23-21-31(22-24-40)35-19-17-32-18-20-36(27-38(32)26-35)37-12-7-25-49-30-37/h1-2,4-12,14-16,18,20-30,48,50H,3,13,17,19H2/p+2. The minimum absolute atomic E-state index is 0.685. The van der Waals surface area contributed by atoms with Crippen LogP contribution in [0.1, 0.15) is 51.8 Å². The Morgan fingerprint density at radius 3 is 2.41 bits per heavy atom. The minimum Gasteiger partial charge on any atom is -0.264 e. The normalized spacial score (nSPS) is 16.0. The predicted octanol–water partition coefficient (Wildman–Crippen LogP) is 8.28. The Labute approximate surface area is 298 Å². The molecule has 0 amide bonds. The molecule has 9 rings (SSSR count). The maximum absolute atomic E-state index is 7.03. The van der Waals surface area contributed by atoms with Crippen molar-refractivity contribution in [2.24, 2.45) is 5.10 Å². The molecule has 5 aromatic carbocycles. The lowest BCUT2D eigenvalue weighted by Gasteiger charge is -2.20. The predicted molar refractivity (Wildman–Crippen MR) is 212 cm³/mol. The van der Waals surface area contributed by atoms with E-state index in [1.165, 1.54) is 55.3 Å². The van der Waals surface area contributed by atoms with Gasteiger partial charge in [-0.25, -0.2) is 0 Å². The number of rotatable bonds is 6. The van der Waals surface area contributed by atoms with E-state index in [0.717, 1.165) is 59.4 Å². The monoisotopic (exact) mass is 658 g/mol. The molecule has 3 aliphatic rings. The quantitative estimate of drug-likeness (QED) is 0.0805. The van der Waals surface area contributed by atoms with Crippen molar-refractivity contribution < 1.29 is 10.8 Å². The fraction of sp³-hybridized carbons (Fsp3) is 0.0851. The summed E-state index contributed by atoms with van der Waals surface area (Å²) in [4.78, 5) is 4.31. The van der Waals surface area contributed by atoms with E-state index in [1.807, 2.05) is 23.9 Å². The Morgan fingerprint density at radius 2 is 1.51 bits per heavy atom. The molecule has 0 aliphatic heterocycles. The summed E-state index contributed by atoms with van der Waals surface area (Å²) in [7, 11) is 0. The molecule has 0 radical (unpaired) electrons. The average molecular weight is 659 g/mol. The minimum atomic E-state index is 0.685. The Morgan fingerprint density at radius 1 is 0.667 bits per heavy atom. The van der Waals surface area contributed by atoms with E-state index in [1.54, 1.807) is 0 Å². The molecule has 0 saturated heterocycles. The summed E-state index contributed by atoms with van der Waals surface area (Å²) in [6.07, 6.45) is 19.1. The van der Waals surface area contributed by atoms with Gasteiger partial charge in [0.25, 0.3) is 0 Å². The van der Waals surface area contributed by atoms with Gasteiger partial charge in [0.2, 0.25) is 5.71 Å². The highest BCUT2D eigenvalue weighted by molar-refractivity contribution is 6.61. The molecule has 4 N–H and O–H groups in total. The zero-order valence-corrected chi connectivity index (χ0v) is 28.4. The van der Waals surface area contributed by atoms with Gasteiger partial charge < -0.3 is 0 Å². The molecule has 0 unspecified atom stereocenters. The third kappa shape index (κ3) is 6.01. The van der Waals surface area contributed by atoms with E-state index in [2.05, 4.69) is 145 Å². The molecule has 3 aliphatic carbocycles. The molecule has 1 aromatic heterocycles. The number of nitrogens with zero attached hydrogens (tertiary/aromatic N) is 2. The Kier molecular flexibility index (Phi) is 8.00. The summed E-state index contributed by atoms with van der Waals surface area (Å²) in [5.41, 5.74) is 19.2. The van der Waals surface area contributed by atoms with Crippen LogP contribution < -0.4 is 10.8 Å². The number of fused-ring (bicyclic) bond motifs is 3. The van der Waals surface area contributed by atoms with Crippen LogP contribution in [0.15, 0.2) is 151 Å². The average Bonchev–Trinajstić information content (AvgIpc) is 3.20. The van der Waals surface area contributed by atoms with Gasteiger partial charge in [0.15, 0.2) is 11.4 Å². The maximum atomic E-state index is 7.03. The summed E-state index contributed by atoms with van der Waals surface area (Å²) in [6.45, 7) is 0. The Hall–Kier alpha value is -6.23. The third-order valence-electron chi connectivity index (χ3n) is 10.4. The van der Waals surface area contributed by atoms with E-state index < -0.39 is 0 Å². The van der Waals surface area contributed by atoms with Crippen LogP contribution in [0.2, 0.25) is 0 Å². The first kappa shape index (κ1) is 30.8. The van der Waals surface area contributed by atoms with Gasteiger partial charge in [0.05, 0.1) is 5.57 Å². The van der Waals surface area contributed by atoms with Gasteiger partial charge in [-0.2, -0.15) is 5.43 Å². The lowest BCUT2D eigenvalue weighted by atomic mass is 9.83. The zero-order chi connectivity index (χ0) is 34.1. The van der Waals surface area contributed by atoms with Crippen molar-refractivity contribution in [3.8, 4) is 11.1 Å². The molecule has 0 bridgehead atoms. The van der Waals surface area contributed by atoms with E-state index >= 15 is 0 Å². The van der Waals surface area contributed by atoms with Crippen LogP contribution in [0.25, 0.3) is 50.8 Å². The van der Waals surface area contributed by atoms with Gasteiger partial charge in [-0.3, -0.25) is 10.4 Å². The smallest absolute Gasteiger partial charge is 0.236 e. The van der Waals surface area contributed by atoms with Gasteiger partial charge in [0.1, 0.15) is 0 Å². The number of hydrogen-bond donors (Lipinski definition) is 2. The van der Waals surface area contributed by atoms with Crippen LogP contribution in [-0.4, -0.2) is 16.4 Å². The molecule has 0 fully saturated rings. The summed E-state index contributed by atoms with van der Waals surface area (Å²) in [5.74, 6) is 0. The molecule has 0 spiro atoms. The van der Waals surface area contributed by atoms with Crippen LogP contribution in [0, 0.1) is 0 Å². The summed E-state index contributed by atoms with van der Waals surface area (Å²) < 4.78 is 0. The number of hydrogen-bond acceptors (Lipinski definition) is 2. The van der Waals surface area contributed by atoms with Crippen molar-refractivity contribution in [1.29, 1.82) is 0 Å². The fourth-order valence-corrected chi connectivity index (χ4v) is 7.69. The first-order chi connectivity index (χ1) is 25.2. The van der Waals surface area contributed by atoms with Crippen LogP contribution in [0.3, 0.4) is 0 Å². The molecule has 0 atom stereocenters. The molecular formula is C47H38N4+2. The molecule has 1 heterocycles. The van der Waals surface area contributed by atoms with Crippen molar-refractivity contribution in [2.75, 3.05) is 0 Å². The summed E-state index contributed by atoms with van der Waals surface area (Å²) in [6, 6.07) is 41.2. The van der Waals surface area contributed by atoms with Crippen LogP contribution in [-0.2, 0) is 12.8 Å². The highest BCUT2D eigenvalue weighted by Crippen LogP contribution is 2.36. The Balaban J connectivity index is 1.03. The number of quaternary nitrogens is 1. The molecule has 4 nitrogen and oxygen atoms in total. The second-order valence-corrected chi connectivity index (χ2v) is 13.5. The molecule has 244 valence electrons. The van der Waals surface area contributed by atoms with Crippen LogP contribution in [0.5, 0.6) is 0 Å². The lowest BCUT2D eigenvalue weighted by molar-refractivity contribution is -0.577. The van der Waals surface area contributed by atoms with Crippen molar-refractivity contribution in [2.45, 2.75) is 25.7 Å². The Bertz CT molecular complexity index is 2490. The van der Waals surface area contributed by atoms with Gasteiger partial charge in [0, 0.05) is 30.1 Å². The van der Waals surface area contributed by atoms with Crippen molar-refractivity contribution in [1.82, 2.24) is 4.98 Å². The van der Waals surface area contributed by atoms with Gasteiger partial charge in [-0.1, -0.05) is 102 Å². The highest BCUT2D eigenvalue weighted by atomic mass is 15.3. The first-order valence-electron chi connectivity index (χ1n) is 17.8. The largest absolute Gasteiger partial charge is 0.264 e. The first-order valence-corrected chi connectivity index (χ1v) is 17.8. The fourth-order valence-electron chi connectivity index (χ4n) is 7.69. The zero-order valence-electron chi connectivity index (χ0n) is 28.4. The van der Waals surface area contributed by atoms with Crippen molar-refractivity contribution in [3.63, 3.8) is 0 Å². The van der Waals surface area contributed by atoms with Gasteiger partial charge in [-0.05, 0) is 129 Å². The molecule has 4 heteroatoms. The molecular weight excluding hydrogens is 621 g/mol. The van der Waals surface area contributed by atoms with E-state index in [4.69, 9.17) is 10.5 Å². The molecule has 0 saturated carbocycles. The number of benzene rings is 5. The number of nitrogens with two attached hydrogens (primary N) is 2. The SMILES string of the molecule is [NH2+]=C1C(c2cccc3ccccc23)=CC(c2cccc3c2CCC=C3)=CC1=N[NH2+]c1ccc(C2=Cc3cc(-c4cccnc4)ccc3CC2)cc1. The summed E-state index contributed by atoms with van der Waals surface area (Å²) in [5, 5.41) is 14.5. The number of allylic oxidation sites excluding steroid dienone is 6. The van der Waals surface area contributed by atoms with Gasteiger partial charge >= 0.3 is 0 Å². The van der Waals surface area contributed by atoms with Gasteiger partial charge in [-0.15, -0.1) is 0 Å². The lowest BCUT2D eigenvalue weighted by Crippen LogP contribution is -2.72.